The molecule has 1 fully saturated rings. The molecule has 2 N–H and O–H groups in total. The lowest BCUT2D eigenvalue weighted by Crippen LogP contribution is -2.28. The molecule has 140 valence electrons. The standard InChI is InChI=1S/C21H27NO3S/c1-4-16-7-9-17(10-8-16)19-20(21(19,13-22)14-25-3)26(23,24)18-11-5-15(2)6-12-18/h5-12,19-20H,4,13-14,22H2,1-3H3. The first-order valence-corrected chi connectivity index (χ1v) is 10.5. The molecule has 1 aliphatic rings. The van der Waals surface area contributed by atoms with Gasteiger partial charge in [0.15, 0.2) is 9.84 Å². The predicted molar refractivity (Wildman–Crippen MR) is 104 cm³/mol. The molecule has 26 heavy (non-hydrogen) atoms. The smallest absolute Gasteiger partial charge is 0.182 e. The molecule has 4 nitrogen and oxygen atoms in total. The molecule has 0 spiro atoms. The highest BCUT2D eigenvalue weighted by molar-refractivity contribution is 7.92. The Morgan fingerprint density at radius 3 is 2.19 bits per heavy atom. The average molecular weight is 374 g/mol. The highest BCUT2D eigenvalue weighted by Gasteiger charge is 2.70. The van der Waals surface area contributed by atoms with Crippen molar-refractivity contribution in [2.45, 2.75) is 36.3 Å². The molecule has 0 amide bonds. The van der Waals surface area contributed by atoms with E-state index in [1.165, 1.54) is 5.56 Å². The van der Waals surface area contributed by atoms with Crippen molar-refractivity contribution in [2.24, 2.45) is 11.1 Å². The Balaban J connectivity index is 2.03. The van der Waals surface area contributed by atoms with Crippen LogP contribution >= 0.6 is 0 Å². The summed E-state index contributed by atoms with van der Waals surface area (Å²) in [5.41, 5.74) is 8.79. The van der Waals surface area contributed by atoms with Gasteiger partial charge in [0.2, 0.25) is 0 Å². The van der Waals surface area contributed by atoms with Crippen molar-refractivity contribution in [3.8, 4) is 0 Å². The molecule has 3 atom stereocenters. The van der Waals surface area contributed by atoms with Crippen molar-refractivity contribution in [3.63, 3.8) is 0 Å². The Kier molecular flexibility index (Phi) is 5.24. The minimum atomic E-state index is -3.50. The maximum Gasteiger partial charge on any atom is 0.182 e. The highest BCUT2D eigenvalue weighted by Crippen LogP contribution is 2.63. The van der Waals surface area contributed by atoms with Crippen LogP contribution in [0.3, 0.4) is 0 Å². The monoisotopic (exact) mass is 373 g/mol. The Morgan fingerprint density at radius 1 is 1.08 bits per heavy atom. The number of hydrogen-bond donors (Lipinski definition) is 1. The largest absolute Gasteiger partial charge is 0.384 e. The van der Waals surface area contributed by atoms with E-state index in [2.05, 4.69) is 19.1 Å². The lowest BCUT2D eigenvalue weighted by molar-refractivity contribution is 0.142. The summed E-state index contributed by atoms with van der Waals surface area (Å²) in [5, 5.41) is -0.560. The molecule has 0 aliphatic heterocycles. The molecule has 0 saturated heterocycles. The summed E-state index contributed by atoms with van der Waals surface area (Å²) in [4.78, 5) is 0.356. The van der Waals surface area contributed by atoms with Gasteiger partial charge in [-0.15, -0.1) is 0 Å². The van der Waals surface area contributed by atoms with Crippen molar-refractivity contribution < 1.29 is 13.2 Å². The molecule has 0 bridgehead atoms. The van der Waals surface area contributed by atoms with Crippen molar-refractivity contribution in [2.75, 3.05) is 20.3 Å². The molecule has 0 heterocycles. The van der Waals surface area contributed by atoms with Gasteiger partial charge < -0.3 is 10.5 Å². The summed E-state index contributed by atoms with van der Waals surface area (Å²) in [6.07, 6.45) is 0.955. The molecule has 1 saturated carbocycles. The lowest BCUT2D eigenvalue weighted by atomic mass is 9.99. The lowest BCUT2D eigenvalue weighted by Gasteiger charge is -2.15. The van der Waals surface area contributed by atoms with E-state index in [9.17, 15) is 8.42 Å². The van der Waals surface area contributed by atoms with Gasteiger partial charge in [-0.05, 0) is 36.6 Å². The summed E-state index contributed by atoms with van der Waals surface area (Å²) in [7, 11) is -1.90. The molecule has 3 unspecified atom stereocenters. The third kappa shape index (κ3) is 3.08. The second kappa shape index (κ2) is 7.14. The van der Waals surface area contributed by atoms with E-state index in [1.807, 2.05) is 31.2 Å². The van der Waals surface area contributed by atoms with Crippen LogP contribution in [0.4, 0.5) is 0 Å². The Hall–Kier alpha value is -1.69. The average Bonchev–Trinajstić information content (AvgIpc) is 3.32. The summed E-state index contributed by atoms with van der Waals surface area (Å²) in [5.74, 6) is -0.148. The van der Waals surface area contributed by atoms with E-state index in [0.717, 1.165) is 17.5 Å². The minimum absolute atomic E-state index is 0.148. The fraction of sp³-hybridized carbons (Fsp3) is 0.429. The fourth-order valence-corrected chi connectivity index (χ4v) is 6.47. The van der Waals surface area contributed by atoms with Gasteiger partial charge in [0.05, 0.1) is 16.8 Å². The topological polar surface area (TPSA) is 69.4 Å². The molecular weight excluding hydrogens is 346 g/mol. The van der Waals surface area contributed by atoms with Gasteiger partial charge in [0, 0.05) is 25.0 Å². The van der Waals surface area contributed by atoms with Crippen LogP contribution in [0.25, 0.3) is 0 Å². The van der Waals surface area contributed by atoms with Crippen LogP contribution in [-0.4, -0.2) is 33.9 Å². The van der Waals surface area contributed by atoms with Gasteiger partial charge in [-0.25, -0.2) is 8.42 Å². The van der Waals surface area contributed by atoms with Crippen LogP contribution in [0.15, 0.2) is 53.4 Å². The van der Waals surface area contributed by atoms with E-state index in [1.54, 1.807) is 19.2 Å². The SMILES string of the molecule is CCc1ccc(C2C(S(=O)(=O)c3ccc(C)cc3)C2(CN)COC)cc1. The zero-order valence-electron chi connectivity index (χ0n) is 15.6. The van der Waals surface area contributed by atoms with Crippen molar-refractivity contribution >= 4 is 9.84 Å². The highest BCUT2D eigenvalue weighted by atomic mass is 32.2. The van der Waals surface area contributed by atoms with E-state index >= 15 is 0 Å². The molecule has 5 heteroatoms. The summed E-state index contributed by atoms with van der Waals surface area (Å²) < 4.78 is 32.1. The van der Waals surface area contributed by atoms with E-state index in [4.69, 9.17) is 10.5 Å². The fourth-order valence-electron chi connectivity index (χ4n) is 4.03. The van der Waals surface area contributed by atoms with Gasteiger partial charge in [0.1, 0.15) is 0 Å². The van der Waals surface area contributed by atoms with Gasteiger partial charge in [-0.1, -0.05) is 48.9 Å². The van der Waals surface area contributed by atoms with Crippen LogP contribution in [0, 0.1) is 12.3 Å². The van der Waals surface area contributed by atoms with Crippen molar-refractivity contribution in [1.82, 2.24) is 0 Å². The molecule has 1 aliphatic carbocycles. The maximum atomic E-state index is 13.4. The van der Waals surface area contributed by atoms with Gasteiger partial charge >= 0.3 is 0 Å². The molecule has 2 aromatic carbocycles. The van der Waals surface area contributed by atoms with Crippen molar-refractivity contribution in [1.29, 1.82) is 0 Å². The van der Waals surface area contributed by atoms with Crippen LogP contribution in [0.2, 0.25) is 0 Å². The zero-order chi connectivity index (χ0) is 18.9. The summed E-state index contributed by atoms with van der Waals surface area (Å²) in [6, 6.07) is 15.3. The number of sulfone groups is 1. The number of rotatable bonds is 7. The van der Waals surface area contributed by atoms with Crippen LogP contribution in [-0.2, 0) is 21.0 Å². The molecule has 0 aromatic heterocycles. The molecule has 3 rings (SSSR count). The van der Waals surface area contributed by atoms with Crippen LogP contribution in [0.5, 0.6) is 0 Å². The van der Waals surface area contributed by atoms with E-state index in [0.29, 0.717) is 11.5 Å². The molecule has 0 radical (unpaired) electrons. The Labute approximate surface area is 156 Å². The van der Waals surface area contributed by atoms with Crippen LogP contribution in [0.1, 0.15) is 29.5 Å². The first-order valence-electron chi connectivity index (χ1n) is 8.99. The van der Waals surface area contributed by atoms with Crippen molar-refractivity contribution in [3.05, 3.63) is 65.2 Å². The third-order valence-electron chi connectivity index (χ3n) is 5.60. The second-order valence-electron chi connectivity index (χ2n) is 7.22. The first kappa shape index (κ1) is 19.1. The van der Waals surface area contributed by atoms with E-state index in [-0.39, 0.29) is 12.5 Å². The number of ether oxygens (including phenoxy) is 1. The molecule has 2 aromatic rings. The number of hydrogen-bond acceptors (Lipinski definition) is 4. The predicted octanol–water partition coefficient (Wildman–Crippen LogP) is 3.09. The summed E-state index contributed by atoms with van der Waals surface area (Å²) >= 11 is 0. The Bertz CT molecular complexity index is 859. The number of methoxy groups -OCH3 is 1. The van der Waals surface area contributed by atoms with Crippen LogP contribution < -0.4 is 5.73 Å². The van der Waals surface area contributed by atoms with E-state index < -0.39 is 20.5 Å². The normalized spacial score (nSPS) is 25.2. The summed E-state index contributed by atoms with van der Waals surface area (Å²) in [6.45, 7) is 4.66. The number of aryl methyl sites for hydroxylation is 2. The third-order valence-corrected chi connectivity index (χ3v) is 7.94. The number of benzene rings is 2. The first-order chi connectivity index (χ1) is 12.4. The van der Waals surface area contributed by atoms with Gasteiger partial charge in [-0.3, -0.25) is 0 Å². The quantitative estimate of drug-likeness (QED) is 0.810. The van der Waals surface area contributed by atoms with Gasteiger partial charge in [0.25, 0.3) is 0 Å². The maximum absolute atomic E-state index is 13.4. The zero-order valence-corrected chi connectivity index (χ0v) is 16.4. The molecular formula is C21H27NO3S. The van der Waals surface area contributed by atoms with Gasteiger partial charge in [-0.2, -0.15) is 0 Å². The number of nitrogens with two attached hydrogens (primary N) is 1. The minimum Gasteiger partial charge on any atom is -0.384 e. The Morgan fingerprint density at radius 2 is 1.69 bits per heavy atom. The second-order valence-corrected chi connectivity index (χ2v) is 9.29.